The SMILES string of the molecule is CN(C)C(=O)N1CCC(=O)N(c2ccccc2)CC1. The Morgan fingerprint density at radius 3 is 2.42 bits per heavy atom. The average Bonchev–Trinajstić information content (AvgIpc) is 2.61. The summed E-state index contributed by atoms with van der Waals surface area (Å²) >= 11 is 0. The van der Waals surface area contributed by atoms with E-state index >= 15 is 0 Å². The number of amides is 3. The van der Waals surface area contributed by atoms with Crippen LogP contribution < -0.4 is 4.90 Å². The van der Waals surface area contributed by atoms with E-state index in [9.17, 15) is 9.59 Å². The number of anilines is 1. The van der Waals surface area contributed by atoms with Gasteiger partial charge in [0.2, 0.25) is 5.91 Å². The molecule has 1 aromatic carbocycles. The smallest absolute Gasteiger partial charge is 0.319 e. The van der Waals surface area contributed by atoms with Crippen LogP contribution in [0.1, 0.15) is 6.42 Å². The highest BCUT2D eigenvalue weighted by atomic mass is 16.2. The van der Waals surface area contributed by atoms with Gasteiger partial charge >= 0.3 is 6.03 Å². The van der Waals surface area contributed by atoms with Gasteiger partial charge in [-0.05, 0) is 12.1 Å². The van der Waals surface area contributed by atoms with E-state index in [0.29, 0.717) is 26.1 Å². The quantitative estimate of drug-likeness (QED) is 0.767. The van der Waals surface area contributed by atoms with E-state index < -0.39 is 0 Å². The number of benzene rings is 1. The van der Waals surface area contributed by atoms with E-state index in [1.807, 2.05) is 30.3 Å². The van der Waals surface area contributed by atoms with E-state index in [1.165, 1.54) is 0 Å². The zero-order chi connectivity index (χ0) is 13.8. The first kappa shape index (κ1) is 13.4. The Morgan fingerprint density at radius 2 is 1.79 bits per heavy atom. The van der Waals surface area contributed by atoms with Crippen LogP contribution in [0.15, 0.2) is 30.3 Å². The predicted molar refractivity (Wildman–Crippen MR) is 74.1 cm³/mol. The van der Waals surface area contributed by atoms with Crippen molar-refractivity contribution in [3.8, 4) is 0 Å². The van der Waals surface area contributed by atoms with E-state index in [1.54, 1.807) is 28.8 Å². The van der Waals surface area contributed by atoms with Crippen LogP contribution in [0.5, 0.6) is 0 Å². The topological polar surface area (TPSA) is 43.9 Å². The molecule has 0 radical (unpaired) electrons. The normalized spacial score (nSPS) is 16.2. The molecule has 5 nitrogen and oxygen atoms in total. The predicted octanol–water partition coefficient (Wildman–Crippen LogP) is 1.41. The molecule has 0 N–H and O–H groups in total. The highest BCUT2D eigenvalue weighted by Gasteiger charge is 2.25. The molecular weight excluding hydrogens is 242 g/mol. The van der Waals surface area contributed by atoms with Crippen molar-refractivity contribution >= 4 is 17.6 Å². The van der Waals surface area contributed by atoms with Crippen molar-refractivity contribution in [2.75, 3.05) is 38.6 Å². The Hall–Kier alpha value is -2.04. The number of nitrogens with zero attached hydrogens (tertiary/aromatic N) is 3. The van der Waals surface area contributed by atoms with E-state index in [4.69, 9.17) is 0 Å². The lowest BCUT2D eigenvalue weighted by Gasteiger charge is -2.24. The number of urea groups is 1. The first-order valence-electron chi connectivity index (χ1n) is 6.41. The molecule has 1 aliphatic heterocycles. The molecular formula is C14H19N3O2. The molecule has 0 unspecified atom stereocenters. The van der Waals surface area contributed by atoms with E-state index in [2.05, 4.69) is 0 Å². The zero-order valence-corrected chi connectivity index (χ0v) is 11.4. The Kier molecular flexibility index (Phi) is 4.04. The second-order valence-electron chi connectivity index (χ2n) is 4.79. The Bertz CT molecular complexity index is 459. The van der Waals surface area contributed by atoms with Gasteiger partial charge in [-0.2, -0.15) is 0 Å². The molecule has 1 fully saturated rings. The van der Waals surface area contributed by atoms with Gasteiger partial charge in [0.1, 0.15) is 0 Å². The highest BCUT2D eigenvalue weighted by Crippen LogP contribution is 2.17. The summed E-state index contributed by atoms with van der Waals surface area (Å²) in [6.45, 7) is 1.60. The maximum absolute atomic E-state index is 12.1. The minimum Gasteiger partial charge on any atom is -0.331 e. The third-order valence-corrected chi connectivity index (χ3v) is 3.21. The molecule has 0 bridgehead atoms. The third kappa shape index (κ3) is 3.05. The lowest BCUT2D eigenvalue weighted by Crippen LogP contribution is -2.41. The van der Waals surface area contributed by atoms with Gasteiger partial charge in [-0.25, -0.2) is 4.79 Å². The summed E-state index contributed by atoms with van der Waals surface area (Å²) in [4.78, 5) is 29.1. The number of rotatable bonds is 1. The number of para-hydroxylation sites is 1. The first-order valence-corrected chi connectivity index (χ1v) is 6.41. The fourth-order valence-electron chi connectivity index (χ4n) is 2.18. The molecule has 1 aromatic rings. The van der Waals surface area contributed by atoms with Gasteiger partial charge < -0.3 is 14.7 Å². The van der Waals surface area contributed by atoms with Crippen LogP contribution in [0.3, 0.4) is 0 Å². The van der Waals surface area contributed by atoms with Crippen LogP contribution in [0.2, 0.25) is 0 Å². The molecule has 0 aromatic heterocycles. The van der Waals surface area contributed by atoms with Crippen molar-refractivity contribution in [2.45, 2.75) is 6.42 Å². The molecule has 5 heteroatoms. The molecule has 1 heterocycles. The molecule has 1 saturated heterocycles. The largest absolute Gasteiger partial charge is 0.331 e. The summed E-state index contributed by atoms with van der Waals surface area (Å²) in [6.07, 6.45) is 0.370. The van der Waals surface area contributed by atoms with E-state index in [-0.39, 0.29) is 11.9 Å². The summed E-state index contributed by atoms with van der Waals surface area (Å²) in [6, 6.07) is 9.55. The highest BCUT2D eigenvalue weighted by molar-refractivity contribution is 5.94. The summed E-state index contributed by atoms with van der Waals surface area (Å²) < 4.78 is 0. The monoisotopic (exact) mass is 261 g/mol. The fraction of sp³-hybridized carbons (Fsp3) is 0.429. The maximum Gasteiger partial charge on any atom is 0.319 e. The van der Waals surface area contributed by atoms with Crippen molar-refractivity contribution in [1.29, 1.82) is 0 Å². The summed E-state index contributed by atoms with van der Waals surface area (Å²) in [5.74, 6) is 0.0697. The number of carbonyl (C=O) groups is 2. The lowest BCUT2D eigenvalue weighted by atomic mass is 10.2. The van der Waals surface area contributed by atoms with Crippen molar-refractivity contribution < 1.29 is 9.59 Å². The Balaban J connectivity index is 2.10. The fourth-order valence-corrected chi connectivity index (χ4v) is 2.18. The molecule has 19 heavy (non-hydrogen) atoms. The molecule has 2 rings (SSSR count). The van der Waals surface area contributed by atoms with Crippen LogP contribution in [-0.2, 0) is 4.79 Å². The van der Waals surface area contributed by atoms with Gasteiger partial charge in [-0.1, -0.05) is 18.2 Å². The lowest BCUT2D eigenvalue weighted by molar-refractivity contribution is -0.118. The first-order chi connectivity index (χ1) is 9.09. The van der Waals surface area contributed by atoms with Gasteiger partial charge in [0.25, 0.3) is 0 Å². The second kappa shape index (κ2) is 5.73. The average molecular weight is 261 g/mol. The van der Waals surface area contributed by atoms with Crippen molar-refractivity contribution in [3.63, 3.8) is 0 Å². The summed E-state index contributed by atoms with van der Waals surface area (Å²) in [5, 5.41) is 0. The van der Waals surface area contributed by atoms with Crippen LogP contribution in [0, 0.1) is 0 Å². The van der Waals surface area contributed by atoms with Crippen LogP contribution in [-0.4, -0.2) is 55.5 Å². The van der Waals surface area contributed by atoms with Gasteiger partial charge in [0.15, 0.2) is 0 Å². The molecule has 1 aliphatic rings. The number of carbonyl (C=O) groups excluding carboxylic acids is 2. The molecule has 0 spiro atoms. The van der Waals surface area contributed by atoms with Gasteiger partial charge in [-0.15, -0.1) is 0 Å². The van der Waals surface area contributed by atoms with Crippen LogP contribution in [0.4, 0.5) is 10.5 Å². The van der Waals surface area contributed by atoms with Crippen molar-refractivity contribution in [3.05, 3.63) is 30.3 Å². The van der Waals surface area contributed by atoms with Gasteiger partial charge in [-0.3, -0.25) is 4.79 Å². The van der Waals surface area contributed by atoms with E-state index in [0.717, 1.165) is 5.69 Å². The van der Waals surface area contributed by atoms with Gasteiger partial charge in [0.05, 0.1) is 0 Å². The molecule has 102 valence electrons. The van der Waals surface area contributed by atoms with Crippen molar-refractivity contribution in [1.82, 2.24) is 9.80 Å². The Labute approximate surface area is 113 Å². The molecule has 3 amide bonds. The summed E-state index contributed by atoms with van der Waals surface area (Å²) in [7, 11) is 3.45. The van der Waals surface area contributed by atoms with Crippen LogP contribution in [0.25, 0.3) is 0 Å². The molecule has 0 atom stereocenters. The van der Waals surface area contributed by atoms with Crippen LogP contribution >= 0.6 is 0 Å². The molecule has 0 aliphatic carbocycles. The molecule has 0 saturated carbocycles. The summed E-state index contributed by atoms with van der Waals surface area (Å²) in [5.41, 5.74) is 0.895. The number of hydrogen-bond acceptors (Lipinski definition) is 2. The van der Waals surface area contributed by atoms with Gasteiger partial charge in [0, 0.05) is 45.8 Å². The Morgan fingerprint density at radius 1 is 1.11 bits per heavy atom. The van der Waals surface area contributed by atoms with Crippen molar-refractivity contribution in [2.24, 2.45) is 0 Å². The minimum absolute atomic E-state index is 0.0392. The number of hydrogen-bond donors (Lipinski definition) is 0. The minimum atomic E-state index is -0.0392. The standard InChI is InChI=1S/C14H19N3O2/c1-15(2)14(19)16-9-8-13(18)17(11-10-16)12-6-4-3-5-7-12/h3-7H,8-11H2,1-2H3. The second-order valence-corrected chi connectivity index (χ2v) is 4.79. The zero-order valence-electron chi connectivity index (χ0n) is 11.4. The third-order valence-electron chi connectivity index (χ3n) is 3.21. The maximum atomic E-state index is 12.1.